The number of hydrogen-bond acceptors (Lipinski definition) is 3. The molecule has 0 saturated carbocycles. The summed E-state index contributed by atoms with van der Waals surface area (Å²) in [6.07, 6.45) is 6.49. The third-order valence-electron chi connectivity index (χ3n) is 3.26. The van der Waals surface area contributed by atoms with Crippen LogP contribution in [0.25, 0.3) is 6.08 Å². The number of thiocarbonyl (C=S) groups is 1. The fourth-order valence-corrected chi connectivity index (χ4v) is 3.86. The van der Waals surface area contributed by atoms with Crippen LogP contribution in [0.5, 0.6) is 0 Å². The number of benzene rings is 1. The molecule has 0 radical (unpaired) electrons. The summed E-state index contributed by atoms with van der Waals surface area (Å²) in [7, 11) is 0. The summed E-state index contributed by atoms with van der Waals surface area (Å²) in [4.78, 5) is 14.9. The van der Waals surface area contributed by atoms with Gasteiger partial charge in [0.25, 0.3) is 5.91 Å². The lowest BCUT2D eigenvalue weighted by molar-refractivity contribution is -0.122. The SMILES string of the molecule is CCCCCCN1C(=O)C(=Cc2cccc(Br)c2)SC1=S. The Morgan fingerprint density at radius 2 is 2.14 bits per heavy atom. The fourth-order valence-electron chi connectivity index (χ4n) is 2.14. The van der Waals surface area contributed by atoms with Gasteiger partial charge in [-0.05, 0) is 30.2 Å². The van der Waals surface area contributed by atoms with Gasteiger partial charge in [0.1, 0.15) is 4.32 Å². The molecule has 1 aromatic carbocycles. The third kappa shape index (κ3) is 4.66. The van der Waals surface area contributed by atoms with E-state index in [4.69, 9.17) is 12.2 Å². The highest BCUT2D eigenvalue weighted by Crippen LogP contribution is 2.33. The van der Waals surface area contributed by atoms with E-state index in [1.165, 1.54) is 24.6 Å². The van der Waals surface area contributed by atoms with Crippen LogP contribution in [0.1, 0.15) is 38.2 Å². The second kappa shape index (κ2) is 8.11. The minimum Gasteiger partial charge on any atom is -0.293 e. The first-order valence-electron chi connectivity index (χ1n) is 7.12. The number of hydrogen-bond donors (Lipinski definition) is 0. The lowest BCUT2D eigenvalue weighted by Gasteiger charge is -2.13. The fraction of sp³-hybridized carbons (Fsp3) is 0.375. The van der Waals surface area contributed by atoms with E-state index in [2.05, 4.69) is 22.9 Å². The number of unbranched alkanes of at least 4 members (excludes halogenated alkanes) is 3. The van der Waals surface area contributed by atoms with Gasteiger partial charge >= 0.3 is 0 Å². The van der Waals surface area contributed by atoms with Crippen LogP contribution < -0.4 is 0 Å². The van der Waals surface area contributed by atoms with E-state index < -0.39 is 0 Å². The topological polar surface area (TPSA) is 20.3 Å². The molecule has 2 rings (SSSR count). The van der Waals surface area contributed by atoms with Crippen molar-refractivity contribution in [3.8, 4) is 0 Å². The number of amides is 1. The molecule has 0 aromatic heterocycles. The maximum atomic E-state index is 12.4. The Morgan fingerprint density at radius 1 is 1.33 bits per heavy atom. The van der Waals surface area contributed by atoms with Crippen molar-refractivity contribution in [2.45, 2.75) is 32.6 Å². The zero-order chi connectivity index (χ0) is 15.2. The molecule has 0 spiro atoms. The van der Waals surface area contributed by atoms with Gasteiger partial charge in [-0.3, -0.25) is 9.69 Å². The van der Waals surface area contributed by atoms with Crippen molar-refractivity contribution in [2.75, 3.05) is 6.54 Å². The van der Waals surface area contributed by atoms with Crippen molar-refractivity contribution >= 4 is 56.2 Å². The van der Waals surface area contributed by atoms with Gasteiger partial charge in [0.15, 0.2) is 0 Å². The minimum atomic E-state index is 0.0430. The lowest BCUT2D eigenvalue weighted by Crippen LogP contribution is -2.28. The smallest absolute Gasteiger partial charge is 0.266 e. The highest BCUT2D eigenvalue weighted by Gasteiger charge is 2.31. The normalized spacial score (nSPS) is 17.0. The summed E-state index contributed by atoms with van der Waals surface area (Å²) in [5.41, 5.74) is 1.01. The summed E-state index contributed by atoms with van der Waals surface area (Å²) in [6, 6.07) is 7.91. The molecule has 5 heteroatoms. The van der Waals surface area contributed by atoms with Crippen LogP contribution in [0.2, 0.25) is 0 Å². The molecular weight excluding hydrogens is 366 g/mol. The van der Waals surface area contributed by atoms with E-state index in [0.717, 1.165) is 29.4 Å². The maximum Gasteiger partial charge on any atom is 0.266 e. The van der Waals surface area contributed by atoms with Crippen LogP contribution in [0, 0.1) is 0 Å². The molecule has 1 aromatic rings. The first kappa shape index (κ1) is 16.7. The standard InChI is InChI=1S/C16H18BrNOS2/c1-2-3-4-5-9-18-15(19)14(21-16(18)20)11-12-7-6-8-13(17)10-12/h6-8,10-11H,2-5,9H2,1H3. The van der Waals surface area contributed by atoms with Crippen LogP contribution in [0.3, 0.4) is 0 Å². The van der Waals surface area contributed by atoms with E-state index >= 15 is 0 Å². The monoisotopic (exact) mass is 383 g/mol. The highest BCUT2D eigenvalue weighted by molar-refractivity contribution is 9.10. The molecule has 112 valence electrons. The van der Waals surface area contributed by atoms with E-state index in [0.29, 0.717) is 9.23 Å². The maximum absolute atomic E-state index is 12.4. The van der Waals surface area contributed by atoms with Crippen molar-refractivity contribution in [1.82, 2.24) is 4.90 Å². The van der Waals surface area contributed by atoms with Gasteiger partial charge in [-0.1, -0.05) is 78.2 Å². The zero-order valence-corrected chi connectivity index (χ0v) is 15.2. The van der Waals surface area contributed by atoms with E-state index in [1.807, 2.05) is 30.3 Å². The largest absolute Gasteiger partial charge is 0.293 e. The Labute approximate surface area is 144 Å². The Kier molecular flexibility index (Phi) is 6.45. The molecule has 0 aliphatic carbocycles. The van der Waals surface area contributed by atoms with Crippen LogP contribution >= 0.6 is 39.9 Å². The second-order valence-electron chi connectivity index (χ2n) is 4.95. The van der Waals surface area contributed by atoms with Gasteiger partial charge in [0.2, 0.25) is 0 Å². The number of nitrogens with zero attached hydrogens (tertiary/aromatic N) is 1. The zero-order valence-electron chi connectivity index (χ0n) is 12.0. The van der Waals surface area contributed by atoms with Gasteiger partial charge < -0.3 is 0 Å². The van der Waals surface area contributed by atoms with Crippen molar-refractivity contribution < 1.29 is 4.79 Å². The quantitative estimate of drug-likeness (QED) is 0.381. The molecule has 1 amide bonds. The number of rotatable bonds is 6. The predicted molar refractivity (Wildman–Crippen MR) is 98.2 cm³/mol. The third-order valence-corrected chi connectivity index (χ3v) is 5.13. The Morgan fingerprint density at radius 3 is 2.86 bits per heavy atom. The summed E-state index contributed by atoms with van der Waals surface area (Å²) in [5.74, 6) is 0.0430. The highest BCUT2D eigenvalue weighted by atomic mass is 79.9. The molecule has 1 aliphatic heterocycles. The van der Waals surface area contributed by atoms with Crippen molar-refractivity contribution in [3.63, 3.8) is 0 Å². The minimum absolute atomic E-state index is 0.0430. The van der Waals surface area contributed by atoms with Crippen LogP contribution in [-0.4, -0.2) is 21.7 Å². The molecular formula is C16H18BrNOS2. The Hall–Kier alpha value is -0.650. The van der Waals surface area contributed by atoms with Crippen molar-refractivity contribution in [1.29, 1.82) is 0 Å². The van der Waals surface area contributed by atoms with Gasteiger partial charge in [-0.25, -0.2) is 0 Å². The lowest BCUT2D eigenvalue weighted by atomic mass is 10.2. The molecule has 1 saturated heterocycles. The van der Waals surface area contributed by atoms with Gasteiger partial charge in [0.05, 0.1) is 4.91 Å². The molecule has 2 nitrogen and oxygen atoms in total. The second-order valence-corrected chi connectivity index (χ2v) is 7.54. The van der Waals surface area contributed by atoms with Gasteiger partial charge in [-0.2, -0.15) is 0 Å². The van der Waals surface area contributed by atoms with Crippen LogP contribution in [0.4, 0.5) is 0 Å². The van der Waals surface area contributed by atoms with Crippen LogP contribution in [0.15, 0.2) is 33.6 Å². The molecule has 0 unspecified atom stereocenters. The molecule has 21 heavy (non-hydrogen) atoms. The van der Waals surface area contributed by atoms with E-state index in [9.17, 15) is 4.79 Å². The predicted octanol–water partition coefficient (Wildman–Crippen LogP) is 5.23. The molecule has 1 heterocycles. The first-order valence-corrected chi connectivity index (χ1v) is 9.14. The van der Waals surface area contributed by atoms with Crippen molar-refractivity contribution in [2.24, 2.45) is 0 Å². The first-order chi connectivity index (χ1) is 10.1. The van der Waals surface area contributed by atoms with Gasteiger partial charge in [-0.15, -0.1) is 0 Å². The summed E-state index contributed by atoms with van der Waals surface area (Å²) >= 11 is 10.2. The molecule has 0 bridgehead atoms. The van der Waals surface area contributed by atoms with E-state index in [-0.39, 0.29) is 5.91 Å². The number of halogens is 1. The molecule has 1 fully saturated rings. The van der Waals surface area contributed by atoms with Crippen molar-refractivity contribution in [3.05, 3.63) is 39.2 Å². The average molecular weight is 384 g/mol. The Balaban J connectivity index is 2.03. The summed E-state index contributed by atoms with van der Waals surface area (Å²) < 4.78 is 1.68. The van der Waals surface area contributed by atoms with Gasteiger partial charge in [0, 0.05) is 11.0 Å². The summed E-state index contributed by atoms with van der Waals surface area (Å²) in [5, 5.41) is 0. The van der Waals surface area contributed by atoms with Crippen LogP contribution in [-0.2, 0) is 4.79 Å². The Bertz CT molecular complexity index is 571. The number of carbonyl (C=O) groups is 1. The molecule has 0 N–H and O–H groups in total. The number of carbonyl (C=O) groups excluding carboxylic acids is 1. The summed E-state index contributed by atoms with van der Waals surface area (Å²) in [6.45, 7) is 2.92. The van der Waals surface area contributed by atoms with E-state index in [1.54, 1.807) is 4.90 Å². The average Bonchev–Trinajstić information content (AvgIpc) is 2.70. The number of thioether (sulfide) groups is 1. The molecule has 0 atom stereocenters. The molecule has 1 aliphatic rings.